The number of benzene rings is 1. The van der Waals surface area contributed by atoms with Gasteiger partial charge in [-0.1, -0.05) is 30.3 Å². The zero-order chi connectivity index (χ0) is 17.9. The van der Waals surface area contributed by atoms with E-state index >= 15 is 0 Å². The van der Waals surface area contributed by atoms with Crippen molar-refractivity contribution in [1.29, 1.82) is 0 Å². The Morgan fingerprint density at radius 3 is 2.84 bits per heavy atom. The maximum atomic E-state index is 12.2. The number of nitrogens with one attached hydrogen (secondary N) is 1. The van der Waals surface area contributed by atoms with Crippen LogP contribution in [-0.4, -0.2) is 41.1 Å². The van der Waals surface area contributed by atoms with Gasteiger partial charge in [-0.05, 0) is 25.0 Å². The molecule has 1 aliphatic heterocycles. The summed E-state index contributed by atoms with van der Waals surface area (Å²) in [5.41, 5.74) is 0.302. The molecule has 9 heteroatoms. The molecule has 0 unspecified atom stereocenters. The van der Waals surface area contributed by atoms with E-state index in [0.717, 1.165) is 43.0 Å². The third-order valence-electron chi connectivity index (χ3n) is 3.97. The number of rotatable bonds is 5. The molecule has 0 atom stereocenters. The van der Waals surface area contributed by atoms with Gasteiger partial charge in [-0.2, -0.15) is 0 Å². The van der Waals surface area contributed by atoms with E-state index in [1.54, 1.807) is 18.2 Å². The van der Waals surface area contributed by atoms with Crippen LogP contribution in [0, 0.1) is 0 Å². The van der Waals surface area contributed by atoms with Crippen LogP contribution >= 0.6 is 11.8 Å². The number of aryl methyl sites for hydroxylation is 1. The summed E-state index contributed by atoms with van der Waals surface area (Å²) >= 11 is 1.32. The van der Waals surface area contributed by atoms with Gasteiger partial charge in [0.15, 0.2) is 15.0 Å². The van der Waals surface area contributed by atoms with Crippen LogP contribution in [0.2, 0.25) is 0 Å². The molecule has 2 aromatic rings. The first-order chi connectivity index (χ1) is 11.9. The lowest BCUT2D eigenvalue weighted by molar-refractivity contribution is -0.113. The van der Waals surface area contributed by atoms with Crippen LogP contribution in [0.1, 0.15) is 25.1 Å². The molecule has 134 valence electrons. The number of carbonyl (C=O) groups excluding carboxylic acids is 1. The van der Waals surface area contributed by atoms with E-state index in [-0.39, 0.29) is 16.6 Å². The molecular weight excluding hydrogens is 360 g/mol. The Morgan fingerprint density at radius 1 is 1.24 bits per heavy atom. The molecule has 1 aliphatic rings. The molecule has 0 saturated heterocycles. The highest BCUT2D eigenvalue weighted by Crippen LogP contribution is 2.23. The molecule has 2 heterocycles. The van der Waals surface area contributed by atoms with Gasteiger partial charge in [0.05, 0.1) is 16.3 Å². The number of para-hydroxylation sites is 1. The van der Waals surface area contributed by atoms with Crippen molar-refractivity contribution in [3.63, 3.8) is 0 Å². The fourth-order valence-corrected chi connectivity index (χ4v) is 4.40. The van der Waals surface area contributed by atoms with E-state index in [0.29, 0.717) is 5.69 Å². The van der Waals surface area contributed by atoms with Gasteiger partial charge in [-0.15, -0.1) is 10.2 Å². The summed E-state index contributed by atoms with van der Waals surface area (Å²) in [6.07, 6.45) is 5.42. The van der Waals surface area contributed by atoms with E-state index in [1.807, 2.05) is 0 Å². The highest BCUT2D eigenvalue weighted by molar-refractivity contribution is 7.99. The standard InChI is InChI=1S/C16H20N4O3S2/c1-25(22,23)13-8-5-4-7-12(13)17-15(21)11-24-16-19-18-14-9-3-2-6-10-20(14)16/h4-5,7-8H,2-3,6,9-11H2,1H3,(H,17,21). The molecule has 0 fully saturated rings. The quantitative estimate of drug-likeness (QED) is 0.799. The van der Waals surface area contributed by atoms with Gasteiger partial charge in [-0.3, -0.25) is 4.79 Å². The Balaban J connectivity index is 1.66. The van der Waals surface area contributed by atoms with E-state index in [1.165, 1.54) is 24.2 Å². The maximum Gasteiger partial charge on any atom is 0.234 e. The largest absolute Gasteiger partial charge is 0.324 e. The van der Waals surface area contributed by atoms with Gasteiger partial charge < -0.3 is 9.88 Å². The summed E-state index contributed by atoms with van der Waals surface area (Å²) in [5, 5.41) is 11.8. The van der Waals surface area contributed by atoms with Crippen molar-refractivity contribution in [3.8, 4) is 0 Å². The van der Waals surface area contributed by atoms with Crippen LogP contribution in [0.4, 0.5) is 5.69 Å². The second-order valence-corrected chi connectivity index (χ2v) is 8.89. The molecular formula is C16H20N4O3S2. The Labute approximate surface area is 151 Å². The predicted molar refractivity (Wildman–Crippen MR) is 96.5 cm³/mol. The van der Waals surface area contributed by atoms with Crippen LogP contribution in [0.25, 0.3) is 0 Å². The van der Waals surface area contributed by atoms with Crippen molar-refractivity contribution < 1.29 is 13.2 Å². The number of hydrogen-bond donors (Lipinski definition) is 1. The molecule has 0 spiro atoms. The first-order valence-corrected chi connectivity index (χ1v) is 11.0. The van der Waals surface area contributed by atoms with Gasteiger partial charge in [0.25, 0.3) is 0 Å². The smallest absolute Gasteiger partial charge is 0.234 e. The minimum Gasteiger partial charge on any atom is -0.324 e. The van der Waals surface area contributed by atoms with Crippen molar-refractivity contribution >= 4 is 33.2 Å². The van der Waals surface area contributed by atoms with Crippen LogP contribution in [0.15, 0.2) is 34.3 Å². The fraction of sp³-hybridized carbons (Fsp3) is 0.438. The number of anilines is 1. The molecule has 1 aromatic heterocycles. The van der Waals surface area contributed by atoms with Gasteiger partial charge in [0, 0.05) is 19.2 Å². The number of aromatic nitrogens is 3. The average Bonchev–Trinajstić information content (AvgIpc) is 2.79. The number of carbonyl (C=O) groups is 1. The van der Waals surface area contributed by atoms with Crippen LogP contribution in [0.3, 0.4) is 0 Å². The number of fused-ring (bicyclic) bond motifs is 1. The molecule has 3 rings (SSSR count). The van der Waals surface area contributed by atoms with Crippen LogP contribution in [-0.2, 0) is 27.6 Å². The second-order valence-electron chi connectivity index (χ2n) is 5.97. The molecule has 1 N–H and O–H groups in total. The Kier molecular flexibility index (Phi) is 5.43. The topological polar surface area (TPSA) is 93.9 Å². The van der Waals surface area contributed by atoms with Gasteiger partial charge in [-0.25, -0.2) is 8.42 Å². The maximum absolute atomic E-state index is 12.2. The van der Waals surface area contributed by atoms with Crippen molar-refractivity contribution in [2.75, 3.05) is 17.3 Å². The molecule has 7 nitrogen and oxygen atoms in total. The Morgan fingerprint density at radius 2 is 2.04 bits per heavy atom. The highest BCUT2D eigenvalue weighted by Gasteiger charge is 2.18. The SMILES string of the molecule is CS(=O)(=O)c1ccccc1NC(=O)CSc1nnc2n1CCCCC2. The number of nitrogens with zero attached hydrogens (tertiary/aromatic N) is 3. The second kappa shape index (κ2) is 7.57. The molecule has 0 aliphatic carbocycles. The monoisotopic (exact) mass is 380 g/mol. The summed E-state index contributed by atoms with van der Waals surface area (Å²) < 4.78 is 25.7. The van der Waals surface area contributed by atoms with Crippen LogP contribution in [0.5, 0.6) is 0 Å². The average molecular weight is 380 g/mol. The molecule has 25 heavy (non-hydrogen) atoms. The lowest BCUT2D eigenvalue weighted by Crippen LogP contribution is -2.16. The predicted octanol–water partition coefficient (Wildman–Crippen LogP) is 2.14. The molecule has 0 bridgehead atoms. The van der Waals surface area contributed by atoms with E-state index < -0.39 is 9.84 Å². The Hall–Kier alpha value is -1.87. The van der Waals surface area contributed by atoms with Gasteiger partial charge in [0.2, 0.25) is 5.91 Å². The number of amides is 1. The first-order valence-electron chi connectivity index (χ1n) is 8.09. The molecule has 0 radical (unpaired) electrons. The summed E-state index contributed by atoms with van der Waals surface area (Å²) in [4.78, 5) is 12.4. The lowest BCUT2D eigenvalue weighted by atomic mass is 10.2. The lowest BCUT2D eigenvalue weighted by Gasteiger charge is -2.10. The third kappa shape index (κ3) is 4.40. The molecule has 0 saturated carbocycles. The fourth-order valence-electron chi connectivity index (χ4n) is 2.77. The van der Waals surface area contributed by atoms with Crippen molar-refractivity contribution in [2.24, 2.45) is 0 Å². The number of thioether (sulfide) groups is 1. The van der Waals surface area contributed by atoms with E-state index in [2.05, 4.69) is 20.1 Å². The van der Waals surface area contributed by atoms with Gasteiger partial charge in [0.1, 0.15) is 5.82 Å². The van der Waals surface area contributed by atoms with Crippen molar-refractivity contribution in [1.82, 2.24) is 14.8 Å². The zero-order valence-corrected chi connectivity index (χ0v) is 15.6. The van der Waals surface area contributed by atoms with Crippen LogP contribution < -0.4 is 5.32 Å². The first kappa shape index (κ1) is 17.9. The van der Waals surface area contributed by atoms with E-state index in [4.69, 9.17) is 0 Å². The third-order valence-corrected chi connectivity index (χ3v) is 6.09. The summed E-state index contributed by atoms with van der Waals surface area (Å²) in [5.74, 6) is 0.853. The minimum atomic E-state index is -3.40. The minimum absolute atomic E-state index is 0.115. The Bertz CT molecular complexity index is 877. The summed E-state index contributed by atoms with van der Waals surface area (Å²) in [7, 11) is -3.40. The van der Waals surface area contributed by atoms with Crippen molar-refractivity contribution in [2.45, 2.75) is 42.3 Å². The van der Waals surface area contributed by atoms with E-state index in [9.17, 15) is 13.2 Å². The summed E-state index contributed by atoms with van der Waals surface area (Å²) in [6.45, 7) is 0.878. The normalized spacial score (nSPS) is 14.6. The van der Waals surface area contributed by atoms with Gasteiger partial charge >= 0.3 is 0 Å². The number of hydrogen-bond acceptors (Lipinski definition) is 6. The molecule has 1 amide bonds. The highest BCUT2D eigenvalue weighted by atomic mass is 32.2. The zero-order valence-electron chi connectivity index (χ0n) is 13.9. The summed E-state index contributed by atoms with van der Waals surface area (Å²) in [6, 6.07) is 6.39. The van der Waals surface area contributed by atoms with Crippen molar-refractivity contribution in [3.05, 3.63) is 30.1 Å². The molecule has 1 aromatic carbocycles. The number of sulfone groups is 1.